The fourth-order valence-corrected chi connectivity index (χ4v) is 7.43. The Morgan fingerprint density at radius 1 is 0.490 bits per heavy atom. The molecular formula is C16H31O28P5. The van der Waals surface area contributed by atoms with E-state index in [2.05, 4.69) is 31.7 Å². The molecule has 0 radical (unpaired) electrons. The molecule has 288 valence electrons. The molecule has 3 unspecified atom stereocenters. The van der Waals surface area contributed by atoms with E-state index in [1.807, 2.05) is 0 Å². The lowest BCUT2D eigenvalue weighted by atomic mass is 9.99. The molecule has 2 aliphatic heterocycles. The summed E-state index contributed by atoms with van der Waals surface area (Å²) in [4.78, 5) is 87.1. The van der Waals surface area contributed by atoms with Gasteiger partial charge in [0, 0.05) is 0 Å². The SMILES string of the molecule is O=CCOP(=O)(O)O[C@@H]1[C@H](O)[C@H](OP(=O)(O)O[C@@H]2[C@H](O)[C@H](OP(=O)(O)OCC=O)[C@@H](COP(=O)(O)O)O[C@H]2O)[C@@H](COP(=O)(O)O)O[C@H]1O. The highest BCUT2D eigenvalue weighted by Gasteiger charge is 2.55. The molecule has 0 aromatic rings. The van der Waals surface area contributed by atoms with E-state index in [0.29, 0.717) is 0 Å². The first-order valence-electron chi connectivity index (χ1n) is 12.6. The largest absolute Gasteiger partial charge is 0.473 e. The van der Waals surface area contributed by atoms with Gasteiger partial charge in [-0.2, -0.15) is 0 Å². The average Bonchev–Trinajstić information content (AvgIpc) is 2.95. The molecule has 0 spiro atoms. The highest BCUT2D eigenvalue weighted by Crippen LogP contribution is 2.53. The van der Waals surface area contributed by atoms with Crippen molar-refractivity contribution in [2.45, 2.75) is 61.4 Å². The summed E-state index contributed by atoms with van der Waals surface area (Å²) in [5.74, 6) is 0. The van der Waals surface area contributed by atoms with Gasteiger partial charge in [0.25, 0.3) is 0 Å². The highest BCUT2D eigenvalue weighted by atomic mass is 31.2. The molecule has 2 heterocycles. The predicted molar refractivity (Wildman–Crippen MR) is 143 cm³/mol. The molecule has 0 aromatic heterocycles. The van der Waals surface area contributed by atoms with E-state index < -0.39 is 127 Å². The molecule has 2 aliphatic rings. The Morgan fingerprint density at radius 3 is 1.12 bits per heavy atom. The monoisotopic (exact) mass is 826 g/mol. The zero-order valence-electron chi connectivity index (χ0n) is 23.9. The van der Waals surface area contributed by atoms with E-state index in [-0.39, 0.29) is 12.6 Å². The standard InChI is InChI=1S/C16H31O28P5/c17-1-3-35-47(29,30)41-11-7(5-37-45(23,24)25)39-16(22)14(9(11)19)44-49(33,34)42-12-8(6-38-46(26,27)28)40-15(21)13(10(12)20)43-48(31,32)36-4-2-18/h1-2,7-16,19-22H,3-6H2,(H,29,30)(H,31,32)(H,33,34)(H2,23,24,25)(H2,26,27,28)/t7-,8-,9-,10-,11-,12-,13-,14-,15-,16-/m1/s1. The molecule has 2 fully saturated rings. The maximum absolute atomic E-state index is 13.1. The Bertz CT molecular complexity index is 1350. The van der Waals surface area contributed by atoms with Gasteiger partial charge >= 0.3 is 39.1 Å². The molecular weight excluding hydrogens is 795 g/mol. The van der Waals surface area contributed by atoms with Gasteiger partial charge in [0.1, 0.15) is 74.6 Å². The summed E-state index contributed by atoms with van der Waals surface area (Å²) in [6.07, 6.45) is -24.7. The third-order valence-electron chi connectivity index (χ3n) is 5.71. The molecule has 0 aromatic carbocycles. The minimum atomic E-state index is -5.97. The highest BCUT2D eigenvalue weighted by molar-refractivity contribution is 7.48. The number of ether oxygens (including phenoxy) is 2. The van der Waals surface area contributed by atoms with Gasteiger partial charge in [0.15, 0.2) is 12.6 Å². The lowest BCUT2D eigenvalue weighted by Crippen LogP contribution is -2.61. The number of hydrogen-bond acceptors (Lipinski definition) is 21. The van der Waals surface area contributed by atoms with Crippen LogP contribution < -0.4 is 0 Å². The van der Waals surface area contributed by atoms with Crippen LogP contribution in [0.25, 0.3) is 0 Å². The van der Waals surface area contributed by atoms with Crippen LogP contribution in [0, 0.1) is 0 Å². The first-order valence-corrected chi connectivity index (χ1v) is 20.2. The Morgan fingerprint density at radius 2 is 0.796 bits per heavy atom. The zero-order valence-corrected chi connectivity index (χ0v) is 28.3. The summed E-state index contributed by atoms with van der Waals surface area (Å²) in [5, 5.41) is 42.1. The van der Waals surface area contributed by atoms with Gasteiger partial charge < -0.3 is 73.7 Å². The van der Waals surface area contributed by atoms with E-state index in [1.165, 1.54) is 0 Å². The van der Waals surface area contributed by atoms with Crippen LogP contribution >= 0.6 is 39.1 Å². The molecule has 28 nitrogen and oxygen atoms in total. The fourth-order valence-electron chi connectivity index (χ4n) is 3.87. The molecule has 2 rings (SSSR count). The van der Waals surface area contributed by atoms with Crippen molar-refractivity contribution < 1.29 is 133 Å². The minimum absolute atomic E-state index is 0.00489. The Kier molecular flexibility index (Phi) is 16.6. The third-order valence-corrected chi connectivity index (χ3v) is 9.68. The second-order valence-electron chi connectivity index (χ2n) is 9.29. The topological polar surface area (TPSA) is 434 Å². The van der Waals surface area contributed by atoms with Gasteiger partial charge in [-0.15, -0.1) is 0 Å². The van der Waals surface area contributed by atoms with Crippen LogP contribution in [-0.2, 0) is 78.1 Å². The number of phosphoric ester groups is 5. The van der Waals surface area contributed by atoms with Crippen molar-refractivity contribution >= 4 is 51.7 Å². The van der Waals surface area contributed by atoms with Crippen LogP contribution in [0.15, 0.2) is 0 Å². The second kappa shape index (κ2) is 18.1. The first kappa shape index (κ1) is 44.8. The number of hydrogen-bond donors (Lipinski definition) is 11. The molecule has 49 heavy (non-hydrogen) atoms. The Hall–Kier alpha value is -0.350. The molecule has 0 bridgehead atoms. The van der Waals surface area contributed by atoms with Crippen molar-refractivity contribution in [3.8, 4) is 0 Å². The maximum atomic E-state index is 13.1. The summed E-state index contributed by atoms with van der Waals surface area (Å²) in [6.45, 7) is -4.79. The van der Waals surface area contributed by atoms with E-state index in [9.17, 15) is 67.5 Å². The van der Waals surface area contributed by atoms with Crippen molar-refractivity contribution in [3.63, 3.8) is 0 Å². The molecule has 0 amide bonds. The predicted octanol–water partition coefficient (Wildman–Crippen LogP) is -4.37. The number of aliphatic hydroxyl groups excluding tert-OH is 4. The lowest BCUT2D eigenvalue weighted by Gasteiger charge is -2.44. The molecule has 11 N–H and O–H groups in total. The average molecular weight is 826 g/mol. The van der Waals surface area contributed by atoms with E-state index in [1.54, 1.807) is 0 Å². The molecule has 0 aliphatic carbocycles. The third kappa shape index (κ3) is 14.9. The van der Waals surface area contributed by atoms with Gasteiger partial charge in [-0.05, 0) is 0 Å². The number of rotatable bonds is 20. The zero-order chi connectivity index (χ0) is 37.6. The Labute approximate surface area is 272 Å². The van der Waals surface area contributed by atoms with E-state index in [0.717, 1.165) is 0 Å². The fraction of sp³-hybridized carbons (Fsp3) is 0.875. The minimum Gasteiger partial charge on any atom is -0.387 e. The van der Waals surface area contributed by atoms with Crippen LogP contribution in [0.3, 0.4) is 0 Å². The molecule has 33 heteroatoms. The summed E-state index contributed by atoms with van der Waals surface area (Å²) < 4.78 is 105. The summed E-state index contributed by atoms with van der Waals surface area (Å²) in [5.41, 5.74) is 0. The van der Waals surface area contributed by atoms with Gasteiger partial charge in [0.05, 0.1) is 13.2 Å². The van der Waals surface area contributed by atoms with Gasteiger partial charge in [0.2, 0.25) is 0 Å². The maximum Gasteiger partial charge on any atom is 0.473 e. The van der Waals surface area contributed by atoms with Crippen LogP contribution in [-0.4, -0.2) is 155 Å². The molecule has 0 saturated carbocycles. The van der Waals surface area contributed by atoms with Crippen molar-refractivity contribution in [2.75, 3.05) is 26.4 Å². The first-order chi connectivity index (χ1) is 22.3. The van der Waals surface area contributed by atoms with Crippen molar-refractivity contribution in [1.82, 2.24) is 0 Å². The van der Waals surface area contributed by atoms with Crippen molar-refractivity contribution in [2.24, 2.45) is 0 Å². The smallest absolute Gasteiger partial charge is 0.387 e. The van der Waals surface area contributed by atoms with E-state index >= 15 is 0 Å². The van der Waals surface area contributed by atoms with Gasteiger partial charge in [-0.1, -0.05) is 0 Å². The molecule has 2 saturated heterocycles. The quantitative estimate of drug-likeness (QED) is 0.0408. The molecule has 13 atom stereocenters. The number of aldehydes is 2. The van der Waals surface area contributed by atoms with Crippen LogP contribution in [0.4, 0.5) is 0 Å². The van der Waals surface area contributed by atoms with Crippen LogP contribution in [0.2, 0.25) is 0 Å². The summed E-state index contributed by atoms with van der Waals surface area (Å²) in [6, 6.07) is 0. The number of carbonyl (C=O) groups is 2. The van der Waals surface area contributed by atoms with Crippen molar-refractivity contribution in [3.05, 3.63) is 0 Å². The van der Waals surface area contributed by atoms with Crippen LogP contribution in [0.1, 0.15) is 0 Å². The summed E-state index contributed by atoms with van der Waals surface area (Å²) in [7, 11) is -27.4. The lowest BCUT2D eigenvalue weighted by molar-refractivity contribution is -0.288. The number of aliphatic hydroxyl groups is 4. The number of phosphoric acid groups is 5. The van der Waals surface area contributed by atoms with Gasteiger partial charge in [-0.3, -0.25) is 36.2 Å². The second-order valence-corrected chi connectivity index (χ2v) is 15.9. The van der Waals surface area contributed by atoms with E-state index in [4.69, 9.17) is 33.6 Å². The van der Waals surface area contributed by atoms with Crippen LogP contribution in [0.5, 0.6) is 0 Å². The Balaban J connectivity index is 2.39. The number of carbonyl (C=O) groups excluding carboxylic acids is 2. The van der Waals surface area contributed by atoms with Crippen molar-refractivity contribution in [1.29, 1.82) is 0 Å². The summed E-state index contributed by atoms with van der Waals surface area (Å²) >= 11 is 0. The normalized spacial score (nSPS) is 35.1. The van der Waals surface area contributed by atoms with Gasteiger partial charge in [-0.25, -0.2) is 22.8 Å².